The van der Waals surface area contributed by atoms with Crippen LogP contribution >= 0.6 is 34.7 Å². The van der Waals surface area contributed by atoms with Gasteiger partial charge in [-0.3, -0.25) is 14.2 Å². The van der Waals surface area contributed by atoms with Crippen LogP contribution in [0.5, 0.6) is 0 Å². The molecule has 0 unspecified atom stereocenters. The molecule has 3 aromatic rings. The number of thioether (sulfide) groups is 1. The Morgan fingerprint density at radius 2 is 1.79 bits per heavy atom. The fraction of sp³-hybridized carbons (Fsp3) is 0.269. The van der Waals surface area contributed by atoms with Crippen molar-refractivity contribution in [1.82, 2.24) is 9.47 Å². The number of aromatic nitrogens is 1. The lowest BCUT2D eigenvalue weighted by Crippen LogP contribution is -2.43. The Bertz CT molecular complexity index is 1420. The fourth-order valence-corrected chi connectivity index (χ4v) is 5.67. The van der Waals surface area contributed by atoms with E-state index in [0.717, 1.165) is 16.0 Å². The molecule has 1 aliphatic rings. The van der Waals surface area contributed by atoms with Crippen molar-refractivity contribution < 1.29 is 4.79 Å². The Hall–Kier alpha value is -2.61. The highest BCUT2D eigenvalue weighted by Crippen LogP contribution is 2.31. The van der Waals surface area contributed by atoms with Gasteiger partial charge in [0.15, 0.2) is 4.80 Å². The number of likely N-dealkylation sites (N-methyl/N-ethyl adjacent to an activating group) is 1. The Balaban J connectivity index is 1.92. The average Bonchev–Trinajstić information content (AvgIpc) is 3.14. The van der Waals surface area contributed by atoms with Crippen molar-refractivity contribution in [2.45, 2.75) is 31.7 Å². The van der Waals surface area contributed by atoms with E-state index in [2.05, 4.69) is 0 Å². The third-order valence-corrected chi connectivity index (χ3v) is 7.88. The fourth-order valence-electron chi connectivity index (χ4n) is 4.09. The van der Waals surface area contributed by atoms with Gasteiger partial charge in [0.25, 0.3) is 11.5 Å². The molecule has 0 radical (unpaired) electrons. The number of allylic oxidation sites excluding steroid dienone is 1. The van der Waals surface area contributed by atoms with E-state index in [9.17, 15) is 9.59 Å². The molecule has 1 atom stereocenters. The highest BCUT2D eigenvalue weighted by atomic mass is 35.5. The lowest BCUT2D eigenvalue weighted by atomic mass is 9.94. The van der Waals surface area contributed by atoms with Crippen molar-refractivity contribution in [2.24, 2.45) is 4.99 Å². The summed E-state index contributed by atoms with van der Waals surface area (Å²) < 4.78 is 2.23. The molecule has 0 aliphatic carbocycles. The lowest BCUT2D eigenvalue weighted by Gasteiger charge is -2.29. The molecule has 5 nitrogen and oxygen atoms in total. The Morgan fingerprint density at radius 3 is 2.38 bits per heavy atom. The molecule has 34 heavy (non-hydrogen) atoms. The minimum absolute atomic E-state index is 0.104. The molecule has 2 heterocycles. The van der Waals surface area contributed by atoms with Crippen LogP contribution < -0.4 is 14.9 Å². The predicted molar refractivity (Wildman–Crippen MR) is 141 cm³/mol. The van der Waals surface area contributed by atoms with Crippen LogP contribution in [0.15, 0.2) is 74.5 Å². The maximum absolute atomic E-state index is 13.7. The van der Waals surface area contributed by atoms with E-state index >= 15 is 0 Å². The summed E-state index contributed by atoms with van der Waals surface area (Å²) in [5, 5.41) is 0.599. The van der Waals surface area contributed by atoms with Gasteiger partial charge in [0.05, 0.1) is 21.8 Å². The monoisotopic (exact) mass is 511 g/mol. The summed E-state index contributed by atoms with van der Waals surface area (Å²) in [5.41, 5.74) is 2.77. The largest absolute Gasteiger partial charge is 0.339 e. The summed E-state index contributed by atoms with van der Waals surface area (Å²) in [6.07, 6.45) is 3.92. The number of carbonyl (C=O) groups is 1. The van der Waals surface area contributed by atoms with E-state index in [-0.39, 0.29) is 11.5 Å². The SMILES string of the molecule is CCN(CC)C(=O)C1=C(C)N=c2s/c(=C/c3ccc(SC)cc3)c(=O)n2[C@@H]1c1ccc(Cl)cc1. The second kappa shape index (κ2) is 10.3. The van der Waals surface area contributed by atoms with Gasteiger partial charge in [-0.25, -0.2) is 4.99 Å². The zero-order chi connectivity index (χ0) is 24.4. The van der Waals surface area contributed by atoms with Crippen LogP contribution in [0.25, 0.3) is 6.08 Å². The van der Waals surface area contributed by atoms with Crippen LogP contribution in [0.3, 0.4) is 0 Å². The number of thiazole rings is 1. The molecule has 0 N–H and O–H groups in total. The van der Waals surface area contributed by atoms with Crippen LogP contribution in [0.4, 0.5) is 0 Å². The summed E-state index contributed by atoms with van der Waals surface area (Å²) in [6, 6.07) is 14.8. The standard InChI is InChI=1S/C26H26ClN3O2S2/c1-5-29(6-2)25(32)22-16(3)28-26-30(23(22)18-9-11-19(27)12-10-18)24(31)21(34-26)15-17-7-13-20(33-4)14-8-17/h7-15,23H,5-6H2,1-4H3/b21-15+/t23-/m1/s1. The van der Waals surface area contributed by atoms with Crippen molar-refractivity contribution in [3.05, 3.63) is 95.6 Å². The molecule has 1 aliphatic heterocycles. The topological polar surface area (TPSA) is 54.7 Å². The maximum Gasteiger partial charge on any atom is 0.271 e. The van der Waals surface area contributed by atoms with E-state index in [1.807, 2.05) is 69.5 Å². The number of carbonyl (C=O) groups excluding carboxylic acids is 1. The van der Waals surface area contributed by atoms with Crippen LogP contribution in [-0.4, -0.2) is 34.7 Å². The molecule has 176 valence electrons. The van der Waals surface area contributed by atoms with Gasteiger partial charge in [-0.2, -0.15) is 0 Å². The highest BCUT2D eigenvalue weighted by Gasteiger charge is 2.34. The number of rotatable bonds is 6. The molecular weight excluding hydrogens is 486 g/mol. The van der Waals surface area contributed by atoms with Gasteiger partial charge in [-0.1, -0.05) is 47.2 Å². The Morgan fingerprint density at radius 1 is 1.15 bits per heavy atom. The average molecular weight is 512 g/mol. The van der Waals surface area contributed by atoms with E-state index in [0.29, 0.717) is 38.7 Å². The Kier molecular flexibility index (Phi) is 7.45. The van der Waals surface area contributed by atoms with Crippen LogP contribution in [0, 0.1) is 0 Å². The third kappa shape index (κ3) is 4.65. The number of hydrogen-bond acceptors (Lipinski definition) is 5. The molecule has 2 aromatic carbocycles. The molecule has 8 heteroatoms. The summed E-state index contributed by atoms with van der Waals surface area (Å²) in [4.78, 5) is 35.5. The molecule has 0 fully saturated rings. The smallest absolute Gasteiger partial charge is 0.271 e. The molecule has 4 rings (SSSR count). The van der Waals surface area contributed by atoms with Crippen LogP contribution in [0.1, 0.15) is 37.9 Å². The number of nitrogens with zero attached hydrogens (tertiary/aromatic N) is 3. The zero-order valence-electron chi connectivity index (χ0n) is 19.5. The minimum Gasteiger partial charge on any atom is -0.339 e. The van der Waals surface area contributed by atoms with Crippen LogP contribution in [-0.2, 0) is 4.79 Å². The van der Waals surface area contributed by atoms with E-state index in [1.165, 1.54) is 11.3 Å². The summed E-state index contributed by atoms with van der Waals surface area (Å²) in [7, 11) is 0. The van der Waals surface area contributed by atoms with E-state index < -0.39 is 6.04 Å². The number of fused-ring (bicyclic) bond motifs is 1. The van der Waals surface area contributed by atoms with Gasteiger partial charge in [0.2, 0.25) is 0 Å². The van der Waals surface area contributed by atoms with Gasteiger partial charge in [0.1, 0.15) is 0 Å². The third-order valence-electron chi connectivity index (χ3n) is 5.90. The second-order valence-electron chi connectivity index (χ2n) is 7.88. The number of benzene rings is 2. The molecular formula is C26H26ClN3O2S2. The number of halogens is 1. The van der Waals surface area contributed by atoms with E-state index in [1.54, 1.807) is 33.4 Å². The summed E-state index contributed by atoms with van der Waals surface area (Å²) in [5.74, 6) is -0.104. The second-order valence-corrected chi connectivity index (χ2v) is 10.2. The zero-order valence-corrected chi connectivity index (χ0v) is 21.9. The summed E-state index contributed by atoms with van der Waals surface area (Å²) in [6.45, 7) is 6.90. The van der Waals surface area contributed by atoms with E-state index in [4.69, 9.17) is 16.6 Å². The molecule has 0 saturated carbocycles. The summed E-state index contributed by atoms with van der Waals surface area (Å²) >= 11 is 9.16. The first-order valence-corrected chi connectivity index (χ1v) is 13.5. The molecule has 1 aromatic heterocycles. The predicted octanol–water partition coefficient (Wildman–Crippen LogP) is 4.48. The van der Waals surface area contributed by atoms with Crippen molar-refractivity contribution in [1.29, 1.82) is 0 Å². The first-order valence-electron chi connectivity index (χ1n) is 11.1. The first-order chi connectivity index (χ1) is 16.4. The van der Waals surface area contributed by atoms with Crippen molar-refractivity contribution in [3.8, 4) is 0 Å². The number of hydrogen-bond donors (Lipinski definition) is 0. The normalized spacial score (nSPS) is 15.8. The van der Waals surface area contributed by atoms with Gasteiger partial charge in [-0.15, -0.1) is 11.8 Å². The maximum atomic E-state index is 13.7. The molecule has 0 spiro atoms. The quantitative estimate of drug-likeness (QED) is 0.458. The van der Waals surface area contributed by atoms with Gasteiger partial charge < -0.3 is 4.90 Å². The highest BCUT2D eigenvalue weighted by molar-refractivity contribution is 7.98. The molecule has 1 amide bonds. The van der Waals surface area contributed by atoms with Crippen molar-refractivity contribution in [2.75, 3.05) is 19.3 Å². The van der Waals surface area contributed by atoms with Gasteiger partial charge >= 0.3 is 0 Å². The first kappa shape index (κ1) is 24.5. The van der Waals surface area contributed by atoms with Crippen LogP contribution in [0.2, 0.25) is 5.02 Å². The minimum atomic E-state index is -0.567. The van der Waals surface area contributed by atoms with Gasteiger partial charge in [-0.05, 0) is 68.5 Å². The molecule has 0 bridgehead atoms. The van der Waals surface area contributed by atoms with Gasteiger partial charge in [0, 0.05) is 23.0 Å². The van der Waals surface area contributed by atoms with Crippen molar-refractivity contribution in [3.63, 3.8) is 0 Å². The Labute approximate surface area is 212 Å². The number of amides is 1. The molecule has 0 saturated heterocycles. The lowest BCUT2D eigenvalue weighted by molar-refractivity contribution is -0.127. The van der Waals surface area contributed by atoms with Crippen molar-refractivity contribution >= 4 is 46.7 Å².